The van der Waals surface area contributed by atoms with E-state index in [0.717, 1.165) is 10.9 Å². The molecule has 0 aliphatic rings. The number of sulfonamides is 1. The van der Waals surface area contributed by atoms with E-state index in [9.17, 15) is 12.8 Å². The second-order valence-corrected chi connectivity index (χ2v) is 7.83. The molecule has 0 fully saturated rings. The van der Waals surface area contributed by atoms with E-state index in [0.29, 0.717) is 13.0 Å². The molecule has 0 saturated heterocycles. The normalized spacial score (nSPS) is 12.0. The van der Waals surface area contributed by atoms with E-state index in [-0.39, 0.29) is 16.1 Å². The summed E-state index contributed by atoms with van der Waals surface area (Å²) in [4.78, 5) is 1.03. The minimum absolute atomic E-state index is 0.0753. The van der Waals surface area contributed by atoms with Crippen LogP contribution in [-0.2, 0) is 16.4 Å². The van der Waals surface area contributed by atoms with E-state index in [1.165, 1.54) is 24.3 Å². The molecular formula is C14H17FN2O2S2. The Bertz CT molecular complexity index is 728. The van der Waals surface area contributed by atoms with E-state index in [1.807, 2.05) is 17.5 Å². The van der Waals surface area contributed by atoms with Crippen LogP contribution < -0.4 is 5.73 Å². The van der Waals surface area contributed by atoms with E-state index in [1.54, 1.807) is 11.3 Å². The molecule has 1 aromatic carbocycles. The van der Waals surface area contributed by atoms with Crippen molar-refractivity contribution in [1.82, 2.24) is 4.31 Å². The fourth-order valence-corrected chi connectivity index (χ4v) is 4.09. The Hall–Kier alpha value is -1.44. The molecule has 2 rings (SSSR count). The summed E-state index contributed by atoms with van der Waals surface area (Å²) in [5.41, 5.74) is 5.75. The van der Waals surface area contributed by atoms with E-state index in [4.69, 9.17) is 5.73 Å². The summed E-state index contributed by atoms with van der Waals surface area (Å²) >= 11 is 1.58. The molecule has 0 bridgehead atoms. The number of thiophene rings is 1. The van der Waals surface area contributed by atoms with Gasteiger partial charge in [0.05, 0.1) is 4.90 Å². The molecule has 0 atom stereocenters. The fraction of sp³-hybridized carbons (Fsp3) is 0.286. The molecule has 0 aliphatic carbocycles. The third-order valence-corrected chi connectivity index (χ3v) is 6.18. The van der Waals surface area contributed by atoms with Gasteiger partial charge >= 0.3 is 0 Å². The molecule has 1 aromatic heterocycles. The highest BCUT2D eigenvalue weighted by Crippen LogP contribution is 2.24. The monoisotopic (exact) mass is 328 g/mol. The number of benzene rings is 1. The lowest BCUT2D eigenvalue weighted by Crippen LogP contribution is -2.29. The molecule has 21 heavy (non-hydrogen) atoms. The van der Waals surface area contributed by atoms with Crippen molar-refractivity contribution in [2.75, 3.05) is 19.3 Å². The number of hydrogen-bond donors (Lipinski definition) is 1. The first-order valence-corrected chi connectivity index (χ1v) is 8.68. The maximum Gasteiger partial charge on any atom is 0.243 e. The van der Waals surface area contributed by atoms with Crippen molar-refractivity contribution in [1.29, 1.82) is 0 Å². The van der Waals surface area contributed by atoms with Gasteiger partial charge in [0.1, 0.15) is 5.82 Å². The fourth-order valence-electron chi connectivity index (χ4n) is 1.95. The molecule has 0 unspecified atom stereocenters. The van der Waals surface area contributed by atoms with Gasteiger partial charge in [-0.25, -0.2) is 17.1 Å². The summed E-state index contributed by atoms with van der Waals surface area (Å²) in [7, 11) is -2.26. The van der Waals surface area contributed by atoms with Crippen molar-refractivity contribution in [2.45, 2.75) is 18.2 Å². The number of anilines is 1. The van der Waals surface area contributed by atoms with Crippen LogP contribution in [0.25, 0.3) is 0 Å². The van der Waals surface area contributed by atoms with Gasteiger partial charge in [-0.15, -0.1) is 11.3 Å². The van der Waals surface area contributed by atoms with Crippen molar-refractivity contribution in [3.63, 3.8) is 0 Å². The Labute approximate surface area is 128 Å². The van der Waals surface area contributed by atoms with Crippen LogP contribution in [0.1, 0.15) is 10.4 Å². The number of nitrogens with zero attached hydrogens (tertiary/aromatic N) is 1. The largest absolute Gasteiger partial charge is 0.399 e. The molecule has 0 radical (unpaired) electrons. The number of halogens is 1. The second kappa shape index (κ2) is 6.13. The summed E-state index contributed by atoms with van der Waals surface area (Å²) in [5.74, 6) is -0.611. The molecule has 0 spiro atoms. The first kappa shape index (κ1) is 15.9. The van der Waals surface area contributed by atoms with Crippen LogP contribution in [0.3, 0.4) is 0 Å². The molecule has 0 aliphatic heterocycles. The summed E-state index contributed by atoms with van der Waals surface area (Å²) in [6.07, 6.45) is 0.622. The summed E-state index contributed by atoms with van der Waals surface area (Å²) in [6.45, 7) is 1.77. The van der Waals surface area contributed by atoms with Gasteiger partial charge in [-0.2, -0.15) is 0 Å². The van der Waals surface area contributed by atoms with Crippen LogP contribution in [0.2, 0.25) is 0 Å². The lowest BCUT2D eigenvalue weighted by atomic mass is 10.2. The quantitative estimate of drug-likeness (QED) is 0.858. The van der Waals surface area contributed by atoms with E-state index in [2.05, 4.69) is 0 Å². The smallest absolute Gasteiger partial charge is 0.243 e. The Morgan fingerprint density at radius 3 is 2.71 bits per heavy atom. The predicted octanol–water partition coefficient (Wildman–Crippen LogP) is 2.64. The molecular weight excluding hydrogens is 311 g/mol. The molecule has 2 N–H and O–H groups in total. The van der Waals surface area contributed by atoms with Crippen LogP contribution in [0.4, 0.5) is 10.1 Å². The van der Waals surface area contributed by atoms with Gasteiger partial charge in [-0.3, -0.25) is 0 Å². The summed E-state index contributed by atoms with van der Waals surface area (Å²) in [5, 5.41) is 1.95. The van der Waals surface area contributed by atoms with Gasteiger partial charge < -0.3 is 5.73 Å². The minimum atomic E-state index is -3.75. The zero-order chi connectivity index (χ0) is 15.6. The Kier molecular flexibility index (Phi) is 4.65. The van der Waals surface area contributed by atoms with Gasteiger partial charge in [0.25, 0.3) is 0 Å². The van der Waals surface area contributed by atoms with Gasteiger partial charge in [-0.05, 0) is 36.9 Å². The van der Waals surface area contributed by atoms with Crippen LogP contribution in [0.15, 0.2) is 34.5 Å². The molecule has 1 heterocycles. The second-order valence-electron chi connectivity index (χ2n) is 4.78. The Morgan fingerprint density at radius 2 is 2.10 bits per heavy atom. The van der Waals surface area contributed by atoms with E-state index >= 15 is 0 Å². The van der Waals surface area contributed by atoms with Gasteiger partial charge in [0.2, 0.25) is 10.0 Å². The number of nitrogens with two attached hydrogens (primary N) is 1. The zero-order valence-corrected chi connectivity index (χ0v) is 13.5. The van der Waals surface area contributed by atoms with Crippen LogP contribution in [0.5, 0.6) is 0 Å². The van der Waals surface area contributed by atoms with Gasteiger partial charge in [0, 0.05) is 29.7 Å². The average molecular weight is 328 g/mol. The third-order valence-electron chi connectivity index (χ3n) is 3.26. The number of nitrogen functional groups attached to an aromatic ring is 1. The van der Waals surface area contributed by atoms with Gasteiger partial charge in [-0.1, -0.05) is 6.07 Å². The Morgan fingerprint density at radius 1 is 1.38 bits per heavy atom. The van der Waals surface area contributed by atoms with Crippen LogP contribution >= 0.6 is 11.3 Å². The van der Waals surface area contributed by atoms with E-state index < -0.39 is 15.8 Å². The first-order valence-electron chi connectivity index (χ1n) is 6.36. The van der Waals surface area contributed by atoms with Crippen molar-refractivity contribution in [2.24, 2.45) is 0 Å². The third kappa shape index (κ3) is 3.42. The molecule has 2 aromatic rings. The standard InChI is InChI=1S/C14H17FN2O2S2/c1-10-13(15)8-11(16)9-14(10)21(18,19)17(2)6-5-12-4-3-7-20-12/h3-4,7-9H,5-6,16H2,1-2H3. The number of likely N-dealkylation sites (N-methyl/N-ethyl adjacent to an activating group) is 1. The van der Waals surface area contributed by atoms with Crippen LogP contribution in [0, 0.1) is 12.7 Å². The lowest BCUT2D eigenvalue weighted by Gasteiger charge is -2.18. The molecule has 0 saturated carbocycles. The topological polar surface area (TPSA) is 63.4 Å². The highest BCUT2D eigenvalue weighted by molar-refractivity contribution is 7.89. The maximum atomic E-state index is 13.7. The molecule has 7 heteroatoms. The molecule has 114 valence electrons. The van der Waals surface area contributed by atoms with Crippen molar-refractivity contribution >= 4 is 27.0 Å². The first-order chi connectivity index (χ1) is 9.82. The maximum absolute atomic E-state index is 13.7. The van der Waals surface area contributed by atoms with Crippen molar-refractivity contribution < 1.29 is 12.8 Å². The SMILES string of the molecule is Cc1c(F)cc(N)cc1S(=O)(=O)N(C)CCc1cccs1. The van der Waals surface area contributed by atoms with Gasteiger partial charge in [0.15, 0.2) is 0 Å². The highest BCUT2D eigenvalue weighted by Gasteiger charge is 2.24. The summed E-state index contributed by atoms with van der Waals surface area (Å²) in [6, 6.07) is 6.30. The van der Waals surface area contributed by atoms with Crippen molar-refractivity contribution in [3.05, 3.63) is 45.9 Å². The minimum Gasteiger partial charge on any atom is -0.399 e. The zero-order valence-electron chi connectivity index (χ0n) is 11.8. The average Bonchev–Trinajstić information content (AvgIpc) is 2.93. The molecule has 0 amide bonds. The number of rotatable bonds is 5. The van der Waals surface area contributed by atoms with Crippen LogP contribution in [-0.4, -0.2) is 26.3 Å². The Balaban J connectivity index is 2.25. The lowest BCUT2D eigenvalue weighted by molar-refractivity contribution is 0.472. The number of hydrogen-bond acceptors (Lipinski definition) is 4. The predicted molar refractivity (Wildman–Crippen MR) is 83.4 cm³/mol. The molecule has 4 nitrogen and oxygen atoms in total. The summed E-state index contributed by atoms with van der Waals surface area (Å²) < 4.78 is 40.0. The van der Waals surface area contributed by atoms with Crippen molar-refractivity contribution in [3.8, 4) is 0 Å². The highest BCUT2D eigenvalue weighted by atomic mass is 32.2.